The molecule has 1 unspecified atom stereocenters. The van der Waals surface area contributed by atoms with Crippen molar-refractivity contribution in [2.75, 3.05) is 33.0 Å². The zero-order valence-electron chi connectivity index (χ0n) is 10.3. The van der Waals surface area contributed by atoms with Gasteiger partial charge in [-0.1, -0.05) is 18.2 Å². The molecule has 4 heteroatoms. The molecule has 1 aliphatic rings. The van der Waals surface area contributed by atoms with Gasteiger partial charge in [-0.2, -0.15) is 0 Å². The van der Waals surface area contributed by atoms with Crippen molar-refractivity contribution in [3.63, 3.8) is 0 Å². The Morgan fingerprint density at radius 2 is 2.11 bits per heavy atom. The Balaban J connectivity index is 1.54. The second-order valence-electron chi connectivity index (χ2n) is 4.24. The van der Waals surface area contributed by atoms with Crippen molar-refractivity contribution < 1.29 is 19.0 Å². The Labute approximate surface area is 107 Å². The fourth-order valence-corrected chi connectivity index (χ4v) is 1.81. The van der Waals surface area contributed by atoms with Gasteiger partial charge in [-0.05, 0) is 18.6 Å². The number of benzene rings is 1. The molecule has 0 aliphatic carbocycles. The van der Waals surface area contributed by atoms with Crippen LogP contribution in [0.25, 0.3) is 0 Å². The highest BCUT2D eigenvalue weighted by atomic mass is 16.5. The summed E-state index contributed by atoms with van der Waals surface area (Å²) in [6.45, 7) is 2.27. The van der Waals surface area contributed by atoms with Gasteiger partial charge in [-0.15, -0.1) is 0 Å². The van der Waals surface area contributed by atoms with E-state index in [1.807, 2.05) is 30.3 Å². The van der Waals surface area contributed by atoms with Crippen LogP contribution in [0.1, 0.15) is 6.42 Å². The molecule has 0 spiro atoms. The van der Waals surface area contributed by atoms with Crippen molar-refractivity contribution in [3.05, 3.63) is 30.3 Å². The first-order valence-corrected chi connectivity index (χ1v) is 6.22. The number of ether oxygens (including phenoxy) is 3. The molecule has 4 nitrogen and oxygen atoms in total. The highest BCUT2D eigenvalue weighted by molar-refractivity contribution is 5.82. The maximum Gasteiger partial charge on any atom is 0.163 e. The van der Waals surface area contributed by atoms with Crippen LogP contribution in [0.2, 0.25) is 0 Å². The van der Waals surface area contributed by atoms with Gasteiger partial charge >= 0.3 is 0 Å². The Morgan fingerprint density at radius 3 is 2.83 bits per heavy atom. The van der Waals surface area contributed by atoms with E-state index in [1.54, 1.807) is 0 Å². The number of carbonyl (C=O) groups excluding carboxylic acids is 1. The van der Waals surface area contributed by atoms with Gasteiger partial charge in [0.15, 0.2) is 5.78 Å². The van der Waals surface area contributed by atoms with E-state index in [9.17, 15) is 4.79 Å². The van der Waals surface area contributed by atoms with E-state index in [0.29, 0.717) is 26.4 Å². The molecule has 1 aromatic carbocycles. The molecule has 0 N–H and O–H groups in total. The standard InChI is InChI=1S/C14H18O4/c15-14(12-6-7-16-10-12)11-17-8-9-18-13-4-2-1-3-5-13/h1-5,12H,6-11H2. The van der Waals surface area contributed by atoms with E-state index in [4.69, 9.17) is 14.2 Å². The summed E-state index contributed by atoms with van der Waals surface area (Å²) in [5.74, 6) is 0.976. The molecule has 1 aromatic rings. The summed E-state index contributed by atoms with van der Waals surface area (Å²) in [5, 5.41) is 0. The van der Waals surface area contributed by atoms with E-state index in [1.165, 1.54) is 0 Å². The molecule has 0 aromatic heterocycles. The minimum atomic E-state index is 0.0278. The number of rotatable bonds is 7. The molecular formula is C14H18O4. The molecule has 0 amide bonds. The van der Waals surface area contributed by atoms with E-state index in [-0.39, 0.29) is 18.3 Å². The largest absolute Gasteiger partial charge is 0.491 e. The van der Waals surface area contributed by atoms with Gasteiger partial charge in [0.2, 0.25) is 0 Å². The van der Waals surface area contributed by atoms with E-state index in [0.717, 1.165) is 12.2 Å². The fourth-order valence-electron chi connectivity index (χ4n) is 1.81. The first kappa shape index (κ1) is 13.1. The van der Waals surface area contributed by atoms with Gasteiger partial charge in [0, 0.05) is 12.5 Å². The summed E-state index contributed by atoms with van der Waals surface area (Å²) in [5.41, 5.74) is 0. The van der Waals surface area contributed by atoms with Crippen LogP contribution >= 0.6 is 0 Å². The molecule has 0 saturated carbocycles. The Hall–Kier alpha value is -1.39. The van der Waals surface area contributed by atoms with Crippen molar-refractivity contribution >= 4 is 5.78 Å². The smallest absolute Gasteiger partial charge is 0.163 e. The summed E-state index contributed by atoms with van der Waals surface area (Å²) < 4.78 is 15.9. The number of hydrogen-bond donors (Lipinski definition) is 0. The van der Waals surface area contributed by atoms with Crippen molar-refractivity contribution in [2.45, 2.75) is 6.42 Å². The fraction of sp³-hybridized carbons (Fsp3) is 0.500. The van der Waals surface area contributed by atoms with Crippen molar-refractivity contribution in [3.8, 4) is 5.75 Å². The second-order valence-corrected chi connectivity index (χ2v) is 4.24. The lowest BCUT2D eigenvalue weighted by Gasteiger charge is -2.08. The molecule has 1 heterocycles. The molecule has 1 atom stereocenters. The van der Waals surface area contributed by atoms with Gasteiger partial charge in [-0.25, -0.2) is 0 Å². The Bertz CT molecular complexity index is 357. The van der Waals surface area contributed by atoms with Crippen molar-refractivity contribution in [1.29, 1.82) is 0 Å². The third kappa shape index (κ3) is 4.13. The van der Waals surface area contributed by atoms with Crippen LogP contribution in [0.15, 0.2) is 30.3 Å². The summed E-state index contributed by atoms with van der Waals surface area (Å²) >= 11 is 0. The molecule has 1 aliphatic heterocycles. The summed E-state index contributed by atoms with van der Waals surface area (Å²) in [7, 11) is 0. The second kappa shape index (κ2) is 7.13. The van der Waals surface area contributed by atoms with Crippen molar-refractivity contribution in [2.24, 2.45) is 5.92 Å². The topological polar surface area (TPSA) is 44.8 Å². The molecule has 0 radical (unpaired) electrons. The lowest BCUT2D eigenvalue weighted by Crippen LogP contribution is -2.21. The van der Waals surface area contributed by atoms with E-state index >= 15 is 0 Å². The zero-order chi connectivity index (χ0) is 12.6. The predicted molar refractivity (Wildman–Crippen MR) is 66.7 cm³/mol. The maximum absolute atomic E-state index is 11.6. The summed E-state index contributed by atoms with van der Waals surface area (Å²) in [6.07, 6.45) is 0.822. The minimum Gasteiger partial charge on any atom is -0.491 e. The Morgan fingerprint density at radius 1 is 1.28 bits per heavy atom. The molecule has 18 heavy (non-hydrogen) atoms. The third-order valence-corrected chi connectivity index (χ3v) is 2.87. The lowest BCUT2D eigenvalue weighted by atomic mass is 10.0. The average Bonchev–Trinajstić information content (AvgIpc) is 2.93. The number of para-hydroxylation sites is 1. The molecule has 98 valence electrons. The van der Waals surface area contributed by atoms with Crippen LogP contribution in [0.3, 0.4) is 0 Å². The van der Waals surface area contributed by atoms with Crippen LogP contribution in [0.4, 0.5) is 0 Å². The molecule has 2 rings (SSSR count). The van der Waals surface area contributed by atoms with Crippen LogP contribution in [0.5, 0.6) is 5.75 Å². The number of ketones is 1. The molecule has 1 fully saturated rings. The highest BCUT2D eigenvalue weighted by Gasteiger charge is 2.22. The zero-order valence-corrected chi connectivity index (χ0v) is 10.3. The summed E-state index contributed by atoms with van der Waals surface area (Å²) in [4.78, 5) is 11.6. The van der Waals surface area contributed by atoms with Crippen LogP contribution in [0, 0.1) is 5.92 Å². The van der Waals surface area contributed by atoms with Gasteiger partial charge in [0.1, 0.15) is 19.0 Å². The molecular weight excluding hydrogens is 232 g/mol. The van der Waals surface area contributed by atoms with Crippen molar-refractivity contribution in [1.82, 2.24) is 0 Å². The predicted octanol–water partition coefficient (Wildman–Crippen LogP) is 1.69. The SMILES string of the molecule is O=C(COCCOc1ccccc1)C1CCOC1. The van der Waals surface area contributed by atoms with Gasteiger partial charge in [0.05, 0.1) is 13.2 Å². The van der Waals surface area contributed by atoms with Crippen LogP contribution in [-0.2, 0) is 14.3 Å². The van der Waals surface area contributed by atoms with Gasteiger partial charge in [-0.3, -0.25) is 4.79 Å². The highest BCUT2D eigenvalue weighted by Crippen LogP contribution is 2.13. The Kier molecular flexibility index (Phi) is 5.17. The average molecular weight is 250 g/mol. The quantitative estimate of drug-likeness (QED) is 0.691. The third-order valence-electron chi connectivity index (χ3n) is 2.87. The van der Waals surface area contributed by atoms with Crippen LogP contribution < -0.4 is 4.74 Å². The summed E-state index contributed by atoms with van der Waals surface area (Å²) in [6, 6.07) is 9.55. The first-order chi connectivity index (χ1) is 8.86. The first-order valence-electron chi connectivity index (χ1n) is 6.22. The number of hydrogen-bond acceptors (Lipinski definition) is 4. The molecule has 0 bridgehead atoms. The minimum absolute atomic E-state index is 0.0278. The van der Waals surface area contributed by atoms with Crippen LogP contribution in [-0.4, -0.2) is 38.8 Å². The number of Topliss-reactive ketones (excluding diaryl/α,β-unsaturated/α-hetero) is 1. The monoisotopic (exact) mass is 250 g/mol. The molecule has 1 saturated heterocycles. The van der Waals surface area contributed by atoms with E-state index < -0.39 is 0 Å². The van der Waals surface area contributed by atoms with Gasteiger partial charge < -0.3 is 14.2 Å². The van der Waals surface area contributed by atoms with E-state index in [2.05, 4.69) is 0 Å². The normalized spacial score (nSPS) is 18.8. The van der Waals surface area contributed by atoms with Gasteiger partial charge in [0.25, 0.3) is 0 Å². The number of carbonyl (C=O) groups is 1. The lowest BCUT2D eigenvalue weighted by molar-refractivity contribution is -0.127. The maximum atomic E-state index is 11.6.